The van der Waals surface area contributed by atoms with E-state index >= 15 is 0 Å². The Hall–Kier alpha value is -1.28. The van der Waals surface area contributed by atoms with Gasteiger partial charge in [-0.1, -0.05) is 25.6 Å². The van der Waals surface area contributed by atoms with E-state index in [1.165, 1.54) is 16.5 Å². The van der Waals surface area contributed by atoms with E-state index in [4.69, 9.17) is 0 Å². The maximum Gasteiger partial charge on any atom is 0.0456 e. The summed E-state index contributed by atoms with van der Waals surface area (Å²) in [6, 6.07) is 8.45. The van der Waals surface area contributed by atoms with E-state index < -0.39 is 0 Å². The highest BCUT2D eigenvalue weighted by atomic mass is 15.0. The number of benzene rings is 1. The van der Waals surface area contributed by atoms with Gasteiger partial charge in [0.1, 0.15) is 0 Å². The lowest BCUT2D eigenvalue weighted by Crippen LogP contribution is -2.14. The lowest BCUT2D eigenvalue weighted by molar-refractivity contribution is 0.414. The summed E-state index contributed by atoms with van der Waals surface area (Å²) in [5.41, 5.74) is 2.65. The number of fused-ring (bicyclic) bond motifs is 1. The van der Waals surface area contributed by atoms with Gasteiger partial charge in [-0.25, -0.2) is 0 Å². The fourth-order valence-electron chi connectivity index (χ4n) is 1.68. The molecule has 0 unspecified atom stereocenters. The van der Waals surface area contributed by atoms with Crippen LogP contribution in [0.3, 0.4) is 0 Å². The second kappa shape index (κ2) is 4.99. The lowest BCUT2D eigenvalue weighted by Gasteiger charge is -2.07. The second-order valence-electron chi connectivity index (χ2n) is 3.91. The van der Waals surface area contributed by atoms with E-state index in [0.29, 0.717) is 0 Å². The van der Waals surface area contributed by atoms with Crippen LogP contribution in [0.1, 0.15) is 13.0 Å². The maximum atomic E-state index is 3.29. The molecule has 0 radical (unpaired) electrons. The summed E-state index contributed by atoms with van der Waals surface area (Å²) < 4.78 is 0. The van der Waals surface area contributed by atoms with Crippen molar-refractivity contribution >= 4 is 10.9 Å². The molecule has 15 heavy (non-hydrogen) atoms. The van der Waals surface area contributed by atoms with Crippen molar-refractivity contribution in [1.29, 1.82) is 0 Å². The van der Waals surface area contributed by atoms with Gasteiger partial charge in [0.25, 0.3) is 0 Å². The summed E-state index contributed by atoms with van der Waals surface area (Å²) >= 11 is 0. The predicted octanol–water partition coefficient (Wildman–Crippen LogP) is 2.91. The first-order valence-electron chi connectivity index (χ1n) is 4.97. The van der Waals surface area contributed by atoms with Gasteiger partial charge in [0.15, 0.2) is 0 Å². The summed E-state index contributed by atoms with van der Waals surface area (Å²) in [7, 11) is 4.21. The van der Waals surface area contributed by atoms with E-state index in [9.17, 15) is 0 Å². The third-order valence-corrected chi connectivity index (χ3v) is 2.50. The molecular formula is C13H20N2. The van der Waals surface area contributed by atoms with Crippen molar-refractivity contribution < 1.29 is 0 Å². The van der Waals surface area contributed by atoms with Crippen molar-refractivity contribution in [3.63, 3.8) is 0 Å². The van der Waals surface area contributed by atoms with E-state index in [0.717, 1.165) is 13.0 Å². The van der Waals surface area contributed by atoms with Crippen LogP contribution in [0.15, 0.2) is 30.5 Å². The van der Waals surface area contributed by atoms with E-state index in [-0.39, 0.29) is 7.43 Å². The van der Waals surface area contributed by atoms with Gasteiger partial charge in [0.2, 0.25) is 0 Å². The molecule has 0 aliphatic carbocycles. The van der Waals surface area contributed by atoms with Gasteiger partial charge in [0, 0.05) is 23.6 Å². The average molecular weight is 204 g/mol. The fourth-order valence-corrected chi connectivity index (χ4v) is 1.68. The maximum absolute atomic E-state index is 3.29. The molecule has 2 nitrogen and oxygen atoms in total. The number of likely N-dealkylation sites (N-methyl/N-ethyl adjacent to an activating group) is 1. The van der Waals surface area contributed by atoms with Crippen molar-refractivity contribution in [2.24, 2.45) is 0 Å². The van der Waals surface area contributed by atoms with Crippen molar-refractivity contribution in [2.75, 3.05) is 20.6 Å². The molecule has 0 amide bonds. The molecule has 1 heterocycles. The molecule has 2 heteroatoms. The summed E-state index contributed by atoms with van der Waals surface area (Å²) in [4.78, 5) is 5.50. The number of para-hydroxylation sites is 1. The zero-order valence-corrected chi connectivity index (χ0v) is 8.75. The predicted molar refractivity (Wildman–Crippen MR) is 67.3 cm³/mol. The highest BCUT2D eigenvalue weighted by molar-refractivity contribution is 5.83. The van der Waals surface area contributed by atoms with Crippen molar-refractivity contribution in [1.82, 2.24) is 9.88 Å². The number of nitrogens with one attached hydrogen (secondary N) is 1. The van der Waals surface area contributed by atoms with Gasteiger partial charge in [0.05, 0.1) is 0 Å². The Morgan fingerprint density at radius 3 is 2.67 bits per heavy atom. The largest absolute Gasteiger partial charge is 0.361 e. The third kappa shape index (κ3) is 2.60. The molecule has 2 rings (SSSR count). The van der Waals surface area contributed by atoms with E-state index in [1.807, 2.05) is 0 Å². The molecule has 0 saturated heterocycles. The number of rotatable bonds is 3. The van der Waals surface area contributed by atoms with Crippen LogP contribution in [0.2, 0.25) is 0 Å². The van der Waals surface area contributed by atoms with Crippen LogP contribution in [0.5, 0.6) is 0 Å². The quantitative estimate of drug-likeness (QED) is 0.814. The third-order valence-electron chi connectivity index (χ3n) is 2.50. The Morgan fingerprint density at radius 1 is 1.20 bits per heavy atom. The first kappa shape index (κ1) is 11.8. The molecule has 0 fully saturated rings. The Morgan fingerprint density at radius 2 is 1.93 bits per heavy atom. The Bertz CT molecular complexity index is 415. The van der Waals surface area contributed by atoms with Crippen molar-refractivity contribution in [2.45, 2.75) is 13.8 Å². The molecule has 0 atom stereocenters. The summed E-state index contributed by atoms with van der Waals surface area (Å²) in [5, 5.41) is 1.36. The smallest absolute Gasteiger partial charge is 0.0456 e. The Balaban J connectivity index is 0.00000112. The zero-order valence-electron chi connectivity index (χ0n) is 8.75. The molecule has 2 aromatic rings. The van der Waals surface area contributed by atoms with Gasteiger partial charge >= 0.3 is 0 Å². The zero-order chi connectivity index (χ0) is 9.97. The molecule has 82 valence electrons. The van der Waals surface area contributed by atoms with Gasteiger partial charge in [-0.15, -0.1) is 0 Å². The van der Waals surface area contributed by atoms with E-state index in [1.54, 1.807) is 0 Å². The van der Waals surface area contributed by atoms with Gasteiger partial charge in [-0.3, -0.25) is 0 Å². The minimum Gasteiger partial charge on any atom is -0.361 e. The number of H-pyrrole nitrogens is 1. The monoisotopic (exact) mass is 204 g/mol. The summed E-state index contributed by atoms with van der Waals surface area (Å²) in [6.45, 7) is 1.10. The van der Waals surface area contributed by atoms with Gasteiger partial charge in [-0.05, 0) is 32.1 Å². The molecule has 1 aromatic heterocycles. The topological polar surface area (TPSA) is 19.0 Å². The molecular weight excluding hydrogens is 184 g/mol. The number of aromatic amines is 1. The van der Waals surface area contributed by atoms with Crippen LogP contribution in [-0.2, 0) is 6.42 Å². The summed E-state index contributed by atoms with van der Waals surface area (Å²) in [5.74, 6) is 0. The number of hydrogen-bond donors (Lipinski definition) is 1. The minimum atomic E-state index is 0. The molecule has 0 aliphatic heterocycles. The van der Waals surface area contributed by atoms with Crippen LogP contribution < -0.4 is 0 Å². The van der Waals surface area contributed by atoms with Gasteiger partial charge in [-0.2, -0.15) is 0 Å². The average Bonchev–Trinajstić information content (AvgIpc) is 2.58. The van der Waals surface area contributed by atoms with Crippen LogP contribution >= 0.6 is 0 Å². The summed E-state index contributed by atoms with van der Waals surface area (Å²) in [6.07, 6.45) is 3.23. The van der Waals surface area contributed by atoms with Gasteiger partial charge < -0.3 is 9.88 Å². The van der Waals surface area contributed by atoms with Crippen molar-refractivity contribution in [3.05, 3.63) is 36.0 Å². The SMILES string of the molecule is C.CN(C)CCc1c[nH]c2ccccc12. The van der Waals surface area contributed by atoms with Crippen LogP contribution in [0.4, 0.5) is 0 Å². The Labute approximate surface area is 91.9 Å². The standard InChI is InChI=1S/C12H16N2.CH4/c1-14(2)8-7-10-9-13-12-6-4-3-5-11(10)12;/h3-6,9,13H,7-8H2,1-2H3;1H4. The fraction of sp³-hybridized carbons (Fsp3) is 0.385. The van der Waals surface area contributed by atoms with E-state index in [2.05, 4.69) is 54.4 Å². The number of aromatic nitrogens is 1. The first-order chi connectivity index (χ1) is 6.77. The molecule has 0 bridgehead atoms. The number of hydrogen-bond acceptors (Lipinski definition) is 1. The minimum absolute atomic E-state index is 0. The second-order valence-corrected chi connectivity index (χ2v) is 3.91. The molecule has 0 spiro atoms. The lowest BCUT2D eigenvalue weighted by atomic mass is 10.1. The highest BCUT2D eigenvalue weighted by Crippen LogP contribution is 2.17. The molecule has 0 aliphatic rings. The molecule has 0 saturated carbocycles. The van der Waals surface area contributed by atoms with Crippen LogP contribution in [-0.4, -0.2) is 30.5 Å². The Kier molecular flexibility index (Phi) is 3.92. The highest BCUT2D eigenvalue weighted by Gasteiger charge is 2.02. The molecule has 1 aromatic carbocycles. The normalized spacial score (nSPS) is 10.6. The molecule has 1 N–H and O–H groups in total. The number of nitrogens with zero attached hydrogens (tertiary/aromatic N) is 1. The van der Waals surface area contributed by atoms with Crippen LogP contribution in [0.25, 0.3) is 10.9 Å². The van der Waals surface area contributed by atoms with Crippen LogP contribution in [0, 0.1) is 0 Å². The first-order valence-corrected chi connectivity index (χ1v) is 4.97. The van der Waals surface area contributed by atoms with Crippen molar-refractivity contribution in [3.8, 4) is 0 Å².